The highest BCUT2D eigenvalue weighted by Crippen LogP contribution is 2.28. The number of aromatic nitrogens is 3. The average molecular weight is 481 g/mol. The number of amides is 1. The quantitative estimate of drug-likeness (QED) is 0.285. The Morgan fingerprint density at radius 2 is 1.85 bits per heavy atom. The van der Waals surface area contributed by atoms with E-state index in [1.54, 1.807) is 28.8 Å². The maximum absolute atomic E-state index is 13.4. The lowest BCUT2D eigenvalue weighted by Gasteiger charge is -2.13. The maximum Gasteiger partial charge on any atom is 0.317 e. The molecule has 0 aliphatic heterocycles. The number of thioether (sulfide) groups is 1. The molecule has 1 unspecified atom stereocenters. The molecule has 1 N–H and O–H groups in total. The fourth-order valence-electron chi connectivity index (χ4n) is 3.10. The summed E-state index contributed by atoms with van der Waals surface area (Å²) in [6, 6.07) is 18.8. The number of furan rings is 1. The molecule has 0 saturated heterocycles. The van der Waals surface area contributed by atoms with Crippen molar-refractivity contribution in [1.82, 2.24) is 20.1 Å². The van der Waals surface area contributed by atoms with Gasteiger partial charge >= 0.3 is 5.97 Å². The first-order valence-electron chi connectivity index (χ1n) is 10.4. The van der Waals surface area contributed by atoms with Gasteiger partial charge in [-0.25, -0.2) is 4.39 Å². The number of ether oxygens (including phenoxy) is 1. The lowest BCUT2D eigenvalue weighted by atomic mass is 10.2. The Morgan fingerprint density at radius 1 is 1.09 bits per heavy atom. The van der Waals surface area contributed by atoms with Crippen LogP contribution in [0.15, 0.2) is 82.6 Å². The van der Waals surface area contributed by atoms with Crippen LogP contribution in [0, 0.1) is 5.82 Å². The van der Waals surface area contributed by atoms with Crippen molar-refractivity contribution in [3.63, 3.8) is 0 Å². The average Bonchev–Trinajstić information content (AvgIpc) is 3.52. The number of carbonyl (C=O) groups is 2. The van der Waals surface area contributed by atoms with E-state index < -0.39 is 18.0 Å². The molecule has 34 heavy (non-hydrogen) atoms. The first-order chi connectivity index (χ1) is 16.5. The van der Waals surface area contributed by atoms with Crippen LogP contribution in [0.25, 0.3) is 17.1 Å². The van der Waals surface area contributed by atoms with Crippen molar-refractivity contribution in [2.75, 3.05) is 5.75 Å². The van der Waals surface area contributed by atoms with Crippen molar-refractivity contribution in [2.24, 2.45) is 0 Å². The van der Waals surface area contributed by atoms with Crippen molar-refractivity contribution >= 4 is 23.6 Å². The zero-order valence-corrected chi connectivity index (χ0v) is 19.0. The topological polar surface area (TPSA) is 99.2 Å². The summed E-state index contributed by atoms with van der Waals surface area (Å²) in [5.74, 6) is -0.330. The number of nitrogens with one attached hydrogen (secondary N) is 1. The Hall–Kier alpha value is -3.92. The van der Waals surface area contributed by atoms with Gasteiger partial charge in [-0.1, -0.05) is 30.0 Å². The molecule has 4 aromatic rings. The van der Waals surface area contributed by atoms with Gasteiger partial charge < -0.3 is 14.5 Å². The van der Waals surface area contributed by atoms with Crippen LogP contribution in [0.3, 0.4) is 0 Å². The minimum atomic E-state index is -0.968. The predicted octanol–water partition coefficient (Wildman–Crippen LogP) is 4.01. The summed E-state index contributed by atoms with van der Waals surface area (Å²) in [7, 11) is 0. The van der Waals surface area contributed by atoms with Gasteiger partial charge in [0.1, 0.15) is 11.6 Å². The fourth-order valence-corrected chi connectivity index (χ4v) is 3.83. The third kappa shape index (κ3) is 5.70. The molecule has 0 aliphatic carbocycles. The molecular formula is C24H21FN4O4S. The van der Waals surface area contributed by atoms with Crippen LogP contribution in [0.4, 0.5) is 4.39 Å². The molecule has 0 spiro atoms. The largest absolute Gasteiger partial charge is 0.467 e. The molecule has 10 heteroatoms. The highest BCUT2D eigenvalue weighted by Gasteiger charge is 2.21. The molecule has 1 atom stereocenters. The number of carbonyl (C=O) groups excluding carboxylic acids is 2. The summed E-state index contributed by atoms with van der Waals surface area (Å²) < 4.78 is 25.6. The van der Waals surface area contributed by atoms with E-state index in [1.165, 1.54) is 25.3 Å². The van der Waals surface area contributed by atoms with Gasteiger partial charge in [-0.3, -0.25) is 14.2 Å². The van der Waals surface area contributed by atoms with Crippen LogP contribution >= 0.6 is 11.8 Å². The molecular weight excluding hydrogens is 459 g/mol. The molecule has 0 aliphatic rings. The second kappa shape index (κ2) is 10.8. The summed E-state index contributed by atoms with van der Waals surface area (Å²) in [6.45, 7) is 1.70. The summed E-state index contributed by atoms with van der Waals surface area (Å²) in [4.78, 5) is 24.6. The Labute approximate surface area is 199 Å². The molecule has 0 bridgehead atoms. The Bertz CT molecular complexity index is 1240. The number of nitrogens with zero attached hydrogens (tertiary/aromatic N) is 3. The van der Waals surface area contributed by atoms with Crippen LogP contribution < -0.4 is 5.32 Å². The van der Waals surface area contributed by atoms with E-state index in [0.29, 0.717) is 22.3 Å². The highest BCUT2D eigenvalue weighted by molar-refractivity contribution is 7.99. The predicted molar refractivity (Wildman–Crippen MR) is 124 cm³/mol. The van der Waals surface area contributed by atoms with E-state index in [2.05, 4.69) is 15.5 Å². The van der Waals surface area contributed by atoms with Gasteiger partial charge in [0, 0.05) is 11.3 Å². The SMILES string of the molecule is CC(OC(=O)CSc1nnc(-c2ccc(F)cc2)n1-c1ccccc1)C(=O)NCc1ccco1. The first-order valence-corrected chi connectivity index (χ1v) is 11.4. The molecule has 2 heterocycles. The first kappa shape index (κ1) is 23.2. The molecule has 0 radical (unpaired) electrons. The monoisotopic (exact) mass is 480 g/mol. The lowest BCUT2D eigenvalue weighted by Crippen LogP contribution is -2.35. The fraction of sp³-hybridized carbons (Fsp3) is 0.167. The Balaban J connectivity index is 1.42. The van der Waals surface area contributed by atoms with Crippen molar-refractivity contribution in [3.05, 3.63) is 84.6 Å². The van der Waals surface area contributed by atoms with E-state index >= 15 is 0 Å². The van der Waals surface area contributed by atoms with Crippen LogP contribution in [0.1, 0.15) is 12.7 Å². The van der Waals surface area contributed by atoms with Crippen molar-refractivity contribution < 1.29 is 23.1 Å². The Morgan fingerprint density at radius 3 is 2.56 bits per heavy atom. The Kier molecular flexibility index (Phi) is 7.38. The van der Waals surface area contributed by atoms with Gasteiger partial charge in [0.2, 0.25) is 0 Å². The van der Waals surface area contributed by atoms with Gasteiger partial charge in [0.15, 0.2) is 17.1 Å². The summed E-state index contributed by atoms with van der Waals surface area (Å²) in [6.07, 6.45) is 0.544. The zero-order valence-electron chi connectivity index (χ0n) is 18.2. The summed E-state index contributed by atoms with van der Waals surface area (Å²) >= 11 is 1.13. The van der Waals surface area contributed by atoms with E-state index in [4.69, 9.17) is 9.15 Å². The van der Waals surface area contributed by atoms with E-state index in [-0.39, 0.29) is 18.1 Å². The molecule has 4 rings (SSSR count). The molecule has 1 amide bonds. The van der Waals surface area contributed by atoms with Gasteiger partial charge in [0.25, 0.3) is 5.91 Å². The van der Waals surface area contributed by atoms with Gasteiger partial charge in [-0.2, -0.15) is 0 Å². The van der Waals surface area contributed by atoms with Crippen LogP contribution in [-0.4, -0.2) is 38.5 Å². The molecule has 0 fully saturated rings. The van der Waals surface area contributed by atoms with E-state index in [1.807, 2.05) is 30.3 Å². The van der Waals surface area contributed by atoms with Crippen molar-refractivity contribution in [2.45, 2.75) is 24.7 Å². The summed E-state index contributed by atoms with van der Waals surface area (Å²) in [5, 5.41) is 11.6. The van der Waals surface area contributed by atoms with E-state index in [0.717, 1.165) is 17.4 Å². The van der Waals surface area contributed by atoms with Gasteiger partial charge in [-0.15, -0.1) is 10.2 Å². The van der Waals surface area contributed by atoms with Crippen LogP contribution in [0.5, 0.6) is 0 Å². The molecule has 174 valence electrons. The smallest absolute Gasteiger partial charge is 0.317 e. The number of hydrogen-bond donors (Lipinski definition) is 1. The third-order valence-corrected chi connectivity index (χ3v) is 5.67. The van der Waals surface area contributed by atoms with Crippen LogP contribution in [-0.2, 0) is 20.9 Å². The molecule has 0 saturated carbocycles. The number of benzene rings is 2. The highest BCUT2D eigenvalue weighted by atomic mass is 32.2. The van der Waals surface area contributed by atoms with E-state index in [9.17, 15) is 14.0 Å². The third-order valence-electron chi connectivity index (χ3n) is 4.76. The number of esters is 1. The normalized spacial score (nSPS) is 11.7. The lowest BCUT2D eigenvalue weighted by molar-refractivity contribution is -0.152. The van der Waals surface area contributed by atoms with Crippen LogP contribution in [0.2, 0.25) is 0 Å². The van der Waals surface area contributed by atoms with Gasteiger partial charge in [-0.05, 0) is 55.5 Å². The number of halogens is 1. The van der Waals surface area contributed by atoms with Gasteiger partial charge in [0.05, 0.1) is 18.6 Å². The standard InChI is InChI=1S/C24H21FN4O4S/c1-16(23(31)26-14-20-8-5-13-32-20)33-21(30)15-34-24-28-27-22(17-9-11-18(25)12-10-17)29(24)19-6-3-2-4-7-19/h2-13,16H,14-15H2,1H3,(H,26,31). The second-order valence-electron chi connectivity index (χ2n) is 7.20. The summed E-state index contributed by atoms with van der Waals surface area (Å²) in [5.41, 5.74) is 1.46. The van der Waals surface area contributed by atoms with Crippen molar-refractivity contribution in [1.29, 1.82) is 0 Å². The minimum Gasteiger partial charge on any atom is -0.467 e. The minimum absolute atomic E-state index is 0.0792. The number of hydrogen-bond acceptors (Lipinski definition) is 7. The number of rotatable bonds is 9. The van der Waals surface area contributed by atoms with Crippen molar-refractivity contribution in [3.8, 4) is 17.1 Å². The molecule has 2 aromatic carbocycles. The maximum atomic E-state index is 13.4. The molecule has 2 aromatic heterocycles. The number of para-hydroxylation sites is 1. The molecule has 8 nitrogen and oxygen atoms in total. The zero-order chi connectivity index (χ0) is 23.9. The second-order valence-corrected chi connectivity index (χ2v) is 8.14.